The van der Waals surface area contributed by atoms with Crippen molar-refractivity contribution in [2.45, 2.75) is 45.2 Å². The van der Waals surface area contributed by atoms with Crippen LogP contribution in [0, 0.1) is 0 Å². The van der Waals surface area contributed by atoms with E-state index < -0.39 is 0 Å². The minimum atomic E-state index is 0.589. The predicted octanol–water partition coefficient (Wildman–Crippen LogP) is 2.56. The summed E-state index contributed by atoms with van der Waals surface area (Å²) in [7, 11) is 0. The van der Waals surface area contributed by atoms with E-state index in [-0.39, 0.29) is 0 Å². The number of hydrogen-bond acceptors (Lipinski definition) is 3. The van der Waals surface area contributed by atoms with Gasteiger partial charge < -0.3 is 4.40 Å². The SMILES string of the molecule is CC(C)N1CCCC1Cc1ncc2cc(C=O)ccn12. The third-order valence-corrected chi connectivity index (χ3v) is 4.27. The van der Waals surface area contributed by atoms with Gasteiger partial charge in [-0.25, -0.2) is 4.98 Å². The quantitative estimate of drug-likeness (QED) is 0.802. The van der Waals surface area contributed by atoms with Crippen molar-refractivity contribution in [3.05, 3.63) is 35.9 Å². The molecule has 0 radical (unpaired) electrons. The monoisotopic (exact) mass is 271 g/mol. The Kier molecular flexibility index (Phi) is 3.57. The lowest BCUT2D eigenvalue weighted by molar-refractivity contribution is 0.112. The summed E-state index contributed by atoms with van der Waals surface area (Å²) in [5, 5.41) is 0. The Labute approximate surface area is 119 Å². The smallest absolute Gasteiger partial charge is 0.150 e. The molecule has 1 aliphatic rings. The fraction of sp³-hybridized carbons (Fsp3) is 0.500. The number of imidazole rings is 1. The zero-order valence-corrected chi connectivity index (χ0v) is 12.1. The van der Waals surface area contributed by atoms with Gasteiger partial charge in [0.05, 0.1) is 11.7 Å². The number of aromatic nitrogens is 2. The number of carbonyl (C=O) groups excluding carboxylic acids is 1. The number of hydrogen-bond donors (Lipinski definition) is 0. The van der Waals surface area contributed by atoms with Crippen LogP contribution in [0.2, 0.25) is 0 Å². The fourth-order valence-electron chi connectivity index (χ4n) is 3.26. The molecule has 0 aromatic carbocycles. The number of aldehydes is 1. The van der Waals surface area contributed by atoms with Crippen molar-refractivity contribution in [3.8, 4) is 0 Å². The molecular weight excluding hydrogens is 250 g/mol. The van der Waals surface area contributed by atoms with Gasteiger partial charge in [-0.3, -0.25) is 9.69 Å². The molecule has 0 saturated carbocycles. The highest BCUT2D eigenvalue weighted by molar-refractivity contribution is 5.77. The normalized spacial score (nSPS) is 20.1. The molecule has 20 heavy (non-hydrogen) atoms. The number of carbonyl (C=O) groups is 1. The van der Waals surface area contributed by atoms with E-state index in [1.54, 1.807) is 0 Å². The lowest BCUT2D eigenvalue weighted by Gasteiger charge is -2.27. The molecule has 1 aliphatic heterocycles. The summed E-state index contributed by atoms with van der Waals surface area (Å²) in [6.07, 6.45) is 8.20. The van der Waals surface area contributed by atoms with E-state index in [2.05, 4.69) is 28.1 Å². The van der Waals surface area contributed by atoms with Crippen molar-refractivity contribution in [1.82, 2.24) is 14.3 Å². The van der Waals surface area contributed by atoms with Gasteiger partial charge in [0.25, 0.3) is 0 Å². The maximum atomic E-state index is 10.8. The molecule has 4 nitrogen and oxygen atoms in total. The molecule has 1 unspecified atom stereocenters. The van der Waals surface area contributed by atoms with E-state index in [1.807, 2.05) is 24.5 Å². The average molecular weight is 271 g/mol. The van der Waals surface area contributed by atoms with Crippen molar-refractivity contribution in [1.29, 1.82) is 0 Å². The second-order valence-electron chi connectivity index (χ2n) is 5.88. The van der Waals surface area contributed by atoms with Crippen LogP contribution in [-0.4, -0.2) is 39.2 Å². The number of likely N-dealkylation sites (tertiary alicyclic amines) is 1. The molecule has 3 heterocycles. The summed E-state index contributed by atoms with van der Waals surface area (Å²) in [4.78, 5) is 17.9. The largest absolute Gasteiger partial charge is 0.304 e. The van der Waals surface area contributed by atoms with Crippen molar-refractivity contribution in [2.24, 2.45) is 0 Å². The third-order valence-electron chi connectivity index (χ3n) is 4.27. The molecule has 0 N–H and O–H groups in total. The first kappa shape index (κ1) is 13.3. The minimum absolute atomic E-state index is 0.589. The van der Waals surface area contributed by atoms with Crippen molar-refractivity contribution in [2.75, 3.05) is 6.54 Å². The van der Waals surface area contributed by atoms with Gasteiger partial charge in [-0.15, -0.1) is 0 Å². The molecule has 1 fully saturated rings. The highest BCUT2D eigenvalue weighted by Gasteiger charge is 2.27. The Morgan fingerprint density at radius 1 is 1.50 bits per heavy atom. The third kappa shape index (κ3) is 2.36. The van der Waals surface area contributed by atoms with Gasteiger partial charge in [0, 0.05) is 30.3 Å². The second-order valence-corrected chi connectivity index (χ2v) is 5.88. The van der Waals surface area contributed by atoms with Gasteiger partial charge in [0.2, 0.25) is 0 Å². The van der Waals surface area contributed by atoms with Gasteiger partial charge in [0.15, 0.2) is 0 Å². The number of nitrogens with zero attached hydrogens (tertiary/aromatic N) is 3. The summed E-state index contributed by atoms with van der Waals surface area (Å²) in [6.45, 7) is 5.72. The summed E-state index contributed by atoms with van der Waals surface area (Å²) in [5.41, 5.74) is 1.70. The highest BCUT2D eigenvalue weighted by atomic mass is 16.1. The van der Waals surface area contributed by atoms with E-state index >= 15 is 0 Å². The van der Waals surface area contributed by atoms with Gasteiger partial charge in [0.1, 0.15) is 12.1 Å². The Morgan fingerprint density at radius 3 is 3.10 bits per heavy atom. The molecule has 3 rings (SSSR count). The van der Waals surface area contributed by atoms with E-state index in [0.717, 1.165) is 24.0 Å². The van der Waals surface area contributed by atoms with Gasteiger partial charge >= 0.3 is 0 Å². The molecular formula is C16H21N3O. The first-order chi connectivity index (χ1) is 9.69. The Bertz CT molecular complexity index is 617. The Hall–Kier alpha value is -1.68. The lowest BCUT2D eigenvalue weighted by atomic mass is 10.1. The van der Waals surface area contributed by atoms with Crippen molar-refractivity contribution >= 4 is 11.8 Å². The molecule has 1 saturated heterocycles. The molecule has 0 amide bonds. The van der Waals surface area contributed by atoms with Crippen LogP contribution in [0.5, 0.6) is 0 Å². The summed E-state index contributed by atoms with van der Waals surface area (Å²) < 4.78 is 2.10. The van der Waals surface area contributed by atoms with Crippen LogP contribution >= 0.6 is 0 Å². The fourth-order valence-corrected chi connectivity index (χ4v) is 3.26. The van der Waals surface area contributed by atoms with E-state index in [0.29, 0.717) is 17.6 Å². The standard InChI is InChI=1S/C16H21N3O/c1-12(2)18-6-3-4-14(18)9-16-17-10-15-8-13(11-20)5-7-19(15)16/h5,7-8,10-12,14H,3-4,6,9H2,1-2H3. The average Bonchev–Trinajstić information content (AvgIpc) is 3.06. The van der Waals surface area contributed by atoms with Crippen LogP contribution in [0.3, 0.4) is 0 Å². The van der Waals surface area contributed by atoms with Gasteiger partial charge in [-0.2, -0.15) is 0 Å². The Balaban J connectivity index is 1.86. The Morgan fingerprint density at radius 2 is 2.35 bits per heavy atom. The van der Waals surface area contributed by atoms with Crippen molar-refractivity contribution < 1.29 is 4.79 Å². The van der Waals surface area contributed by atoms with Crippen LogP contribution in [0.4, 0.5) is 0 Å². The van der Waals surface area contributed by atoms with Crippen LogP contribution < -0.4 is 0 Å². The van der Waals surface area contributed by atoms with Crippen LogP contribution in [-0.2, 0) is 6.42 Å². The van der Waals surface area contributed by atoms with Gasteiger partial charge in [-0.1, -0.05) is 0 Å². The van der Waals surface area contributed by atoms with E-state index in [4.69, 9.17) is 0 Å². The summed E-state index contributed by atoms with van der Waals surface area (Å²) >= 11 is 0. The maximum absolute atomic E-state index is 10.8. The first-order valence-corrected chi connectivity index (χ1v) is 7.36. The minimum Gasteiger partial charge on any atom is -0.304 e. The zero-order chi connectivity index (χ0) is 14.1. The molecule has 106 valence electrons. The number of pyridine rings is 1. The van der Waals surface area contributed by atoms with Crippen LogP contribution in [0.25, 0.3) is 5.52 Å². The highest BCUT2D eigenvalue weighted by Crippen LogP contribution is 2.23. The van der Waals surface area contributed by atoms with Gasteiger partial charge in [-0.05, 0) is 45.4 Å². The van der Waals surface area contributed by atoms with Crippen LogP contribution in [0.1, 0.15) is 42.9 Å². The molecule has 0 spiro atoms. The van der Waals surface area contributed by atoms with E-state index in [1.165, 1.54) is 19.4 Å². The first-order valence-electron chi connectivity index (χ1n) is 7.36. The van der Waals surface area contributed by atoms with E-state index in [9.17, 15) is 4.79 Å². The van der Waals surface area contributed by atoms with Crippen molar-refractivity contribution in [3.63, 3.8) is 0 Å². The van der Waals surface area contributed by atoms with Crippen LogP contribution in [0.15, 0.2) is 24.5 Å². The topological polar surface area (TPSA) is 37.6 Å². The predicted molar refractivity (Wildman–Crippen MR) is 79.1 cm³/mol. The lowest BCUT2D eigenvalue weighted by Crippen LogP contribution is -2.37. The second kappa shape index (κ2) is 5.37. The molecule has 4 heteroatoms. The summed E-state index contributed by atoms with van der Waals surface area (Å²) in [6, 6.07) is 4.92. The zero-order valence-electron chi connectivity index (χ0n) is 12.1. The maximum Gasteiger partial charge on any atom is 0.150 e. The number of fused-ring (bicyclic) bond motifs is 1. The summed E-state index contributed by atoms with van der Waals surface area (Å²) in [5.74, 6) is 1.09. The number of rotatable bonds is 4. The molecule has 0 aliphatic carbocycles. The molecule has 0 bridgehead atoms. The molecule has 2 aromatic rings. The molecule has 2 aromatic heterocycles. The molecule has 1 atom stereocenters.